The average molecular weight is 416 g/mol. The number of likely N-dealkylation sites (N-methyl/N-ethyl adjacent to an activating group) is 1. The lowest BCUT2D eigenvalue weighted by Crippen LogP contribution is -2.47. The van der Waals surface area contributed by atoms with E-state index in [0.717, 1.165) is 43.2 Å². The van der Waals surface area contributed by atoms with Gasteiger partial charge >= 0.3 is 0 Å². The lowest BCUT2D eigenvalue weighted by atomic mass is 10.1. The van der Waals surface area contributed by atoms with Gasteiger partial charge in [0.2, 0.25) is 5.91 Å². The molecule has 158 valence electrons. The van der Waals surface area contributed by atoms with Crippen molar-refractivity contribution in [3.63, 3.8) is 0 Å². The number of unbranched alkanes of at least 4 members (excludes halogenated alkanes) is 2. The molecule has 4 rings (SSSR count). The Hall–Kier alpha value is -1.73. The summed E-state index contributed by atoms with van der Waals surface area (Å²) in [6, 6.07) is 0.581. The molecular formula is C22H33N5OS. The number of thiophene rings is 1. The first-order valence-electron chi connectivity index (χ1n) is 11.0. The Kier molecular flexibility index (Phi) is 6.35. The predicted octanol–water partition coefficient (Wildman–Crippen LogP) is 3.34. The van der Waals surface area contributed by atoms with Crippen molar-refractivity contribution in [1.82, 2.24) is 19.8 Å². The monoisotopic (exact) mass is 415 g/mol. The van der Waals surface area contributed by atoms with Crippen LogP contribution in [0.15, 0.2) is 5.38 Å². The minimum Gasteiger partial charge on any atom is -0.356 e. The number of hydrogen-bond donors (Lipinski definition) is 0. The molecule has 0 radical (unpaired) electrons. The van der Waals surface area contributed by atoms with Crippen LogP contribution in [0.1, 0.15) is 50.4 Å². The maximum atomic E-state index is 12.8. The van der Waals surface area contributed by atoms with E-state index in [2.05, 4.69) is 36.2 Å². The molecule has 1 saturated carbocycles. The van der Waals surface area contributed by atoms with Gasteiger partial charge in [0.1, 0.15) is 16.5 Å². The third-order valence-electron chi connectivity index (χ3n) is 6.18. The van der Waals surface area contributed by atoms with Crippen LogP contribution in [0.25, 0.3) is 10.2 Å². The molecule has 1 saturated heterocycles. The number of nitrogens with zero attached hydrogens (tertiary/aromatic N) is 5. The Morgan fingerprint density at radius 1 is 1.21 bits per heavy atom. The van der Waals surface area contributed by atoms with E-state index in [-0.39, 0.29) is 5.91 Å². The van der Waals surface area contributed by atoms with Crippen molar-refractivity contribution in [2.45, 2.75) is 57.9 Å². The summed E-state index contributed by atoms with van der Waals surface area (Å²) in [5, 5.41) is 3.47. The first-order valence-corrected chi connectivity index (χ1v) is 11.9. The van der Waals surface area contributed by atoms with E-state index >= 15 is 0 Å². The summed E-state index contributed by atoms with van der Waals surface area (Å²) in [5.74, 6) is 1.86. The van der Waals surface area contributed by atoms with Crippen molar-refractivity contribution < 1.29 is 4.79 Å². The SMILES string of the molecule is CCCCCc1csc2nc(CC(=O)N3CCN(C)CC3)nc(N(C)C3CC3)c12. The van der Waals surface area contributed by atoms with Gasteiger partial charge in [-0.3, -0.25) is 4.79 Å². The Bertz CT molecular complexity index is 854. The number of carbonyl (C=O) groups is 1. The Labute approximate surface area is 177 Å². The molecule has 2 aromatic heterocycles. The maximum absolute atomic E-state index is 12.8. The maximum Gasteiger partial charge on any atom is 0.230 e. The van der Waals surface area contributed by atoms with E-state index in [0.29, 0.717) is 18.3 Å². The highest BCUT2D eigenvalue weighted by Crippen LogP contribution is 2.37. The second-order valence-electron chi connectivity index (χ2n) is 8.56. The summed E-state index contributed by atoms with van der Waals surface area (Å²) < 4.78 is 0. The van der Waals surface area contributed by atoms with Gasteiger partial charge in [0.25, 0.3) is 0 Å². The van der Waals surface area contributed by atoms with Crippen LogP contribution in [0.3, 0.4) is 0 Å². The summed E-state index contributed by atoms with van der Waals surface area (Å²) in [5.41, 5.74) is 1.37. The van der Waals surface area contributed by atoms with Crippen molar-refractivity contribution in [1.29, 1.82) is 0 Å². The van der Waals surface area contributed by atoms with Gasteiger partial charge in [0, 0.05) is 39.3 Å². The van der Waals surface area contributed by atoms with Crippen molar-refractivity contribution in [2.75, 3.05) is 45.2 Å². The third-order valence-corrected chi connectivity index (χ3v) is 7.10. The highest BCUT2D eigenvalue weighted by atomic mass is 32.1. The number of amides is 1. The highest BCUT2D eigenvalue weighted by Gasteiger charge is 2.30. The summed E-state index contributed by atoms with van der Waals surface area (Å²) in [7, 11) is 4.26. The van der Waals surface area contributed by atoms with Crippen LogP contribution >= 0.6 is 11.3 Å². The summed E-state index contributed by atoms with van der Waals surface area (Å²) in [6.45, 7) is 5.71. The Balaban J connectivity index is 1.59. The molecule has 3 heterocycles. The van der Waals surface area contributed by atoms with Crippen LogP contribution in [-0.2, 0) is 17.6 Å². The van der Waals surface area contributed by atoms with E-state index in [4.69, 9.17) is 9.97 Å². The molecule has 0 spiro atoms. The zero-order valence-electron chi connectivity index (χ0n) is 18.0. The van der Waals surface area contributed by atoms with E-state index in [9.17, 15) is 4.79 Å². The first-order chi connectivity index (χ1) is 14.1. The number of aryl methyl sites for hydroxylation is 1. The lowest BCUT2D eigenvalue weighted by molar-refractivity contribution is -0.132. The minimum atomic E-state index is 0.150. The molecule has 1 amide bonds. The normalized spacial score (nSPS) is 17.8. The fraction of sp³-hybridized carbons (Fsp3) is 0.682. The van der Waals surface area contributed by atoms with Crippen LogP contribution in [0.5, 0.6) is 0 Å². The fourth-order valence-electron chi connectivity index (χ4n) is 4.05. The summed E-state index contributed by atoms with van der Waals surface area (Å²) in [6.07, 6.45) is 7.53. The molecule has 2 aliphatic rings. The van der Waals surface area contributed by atoms with Gasteiger partial charge in [-0.05, 0) is 43.7 Å². The largest absolute Gasteiger partial charge is 0.356 e. The molecule has 0 unspecified atom stereocenters. The second-order valence-corrected chi connectivity index (χ2v) is 9.42. The van der Waals surface area contributed by atoms with Crippen molar-refractivity contribution in [3.05, 3.63) is 16.8 Å². The van der Waals surface area contributed by atoms with Crippen LogP contribution in [0, 0.1) is 0 Å². The molecule has 0 bridgehead atoms. The lowest BCUT2D eigenvalue weighted by Gasteiger charge is -2.32. The van der Waals surface area contributed by atoms with Crippen molar-refractivity contribution >= 4 is 33.3 Å². The van der Waals surface area contributed by atoms with Gasteiger partial charge in [0.05, 0.1) is 11.8 Å². The van der Waals surface area contributed by atoms with E-state index in [1.165, 1.54) is 43.1 Å². The molecule has 2 aromatic rings. The average Bonchev–Trinajstić information content (AvgIpc) is 3.49. The molecule has 29 heavy (non-hydrogen) atoms. The standard InChI is InChI=1S/C22H33N5OS/c1-4-5-6-7-16-15-29-22-20(16)21(26(3)17-8-9-17)23-18(24-22)14-19(28)27-12-10-25(2)11-13-27/h15,17H,4-14H2,1-3H3. The molecule has 0 N–H and O–H groups in total. The smallest absolute Gasteiger partial charge is 0.230 e. The molecule has 1 aliphatic carbocycles. The van der Waals surface area contributed by atoms with E-state index in [1.807, 2.05) is 4.90 Å². The van der Waals surface area contributed by atoms with Gasteiger partial charge in [-0.2, -0.15) is 0 Å². The number of aromatic nitrogens is 2. The van der Waals surface area contributed by atoms with E-state index < -0.39 is 0 Å². The predicted molar refractivity (Wildman–Crippen MR) is 120 cm³/mol. The molecule has 2 fully saturated rings. The molecule has 6 nitrogen and oxygen atoms in total. The fourth-order valence-corrected chi connectivity index (χ4v) is 5.03. The van der Waals surface area contributed by atoms with Gasteiger partial charge in [0.15, 0.2) is 0 Å². The zero-order chi connectivity index (χ0) is 20.4. The number of piperazine rings is 1. The van der Waals surface area contributed by atoms with Crippen molar-refractivity contribution in [3.8, 4) is 0 Å². The number of carbonyl (C=O) groups excluding carboxylic acids is 1. The second kappa shape index (κ2) is 8.96. The molecular weight excluding hydrogens is 382 g/mol. The van der Waals surface area contributed by atoms with Gasteiger partial charge in [-0.1, -0.05) is 19.8 Å². The minimum absolute atomic E-state index is 0.150. The molecule has 0 aromatic carbocycles. The number of fused-ring (bicyclic) bond motifs is 1. The Morgan fingerprint density at radius 3 is 2.66 bits per heavy atom. The van der Waals surface area contributed by atoms with Crippen LogP contribution in [0.4, 0.5) is 5.82 Å². The summed E-state index contributed by atoms with van der Waals surface area (Å²) in [4.78, 5) is 30.2. The molecule has 1 aliphatic heterocycles. The van der Waals surface area contributed by atoms with Gasteiger partial charge in [-0.15, -0.1) is 11.3 Å². The van der Waals surface area contributed by atoms with Gasteiger partial charge in [-0.25, -0.2) is 9.97 Å². The number of rotatable bonds is 8. The van der Waals surface area contributed by atoms with Crippen LogP contribution in [0.2, 0.25) is 0 Å². The number of anilines is 1. The van der Waals surface area contributed by atoms with Crippen LogP contribution in [-0.4, -0.2) is 72.0 Å². The summed E-state index contributed by atoms with van der Waals surface area (Å²) >= 11 is 1.70. The quantitative estimate of drug-likeness (QED) is 0.619. The number of hydrogen-bond acceptors (Lipinski definition) is 6. The van der Waals surface area contributed by atoms with Gasteiger partial charge < -0.3 is 14.7 Å². The van der Waals surface area contributed by atoms with Crippen LogP contribution < -0.4 is 4.90 Å². The van der Waals surface area contributed by atoms with Crippen molar-refractivity contribution in [2.24, 2.45) is 0 Å². The molecule has 7 heteroatoms. The Morgan fingerprint density at radius 2 is 1.97 bits per heavy atom. The topological polar surface area (TPSA) is 52.6 Å². The van der Waals surface area contributed by atoms with E-state index in [1.54, 1.807) is 11.3 Å². The molecule has 0 atom stereocenters. The third kappa shape index (κ3) is 4.72. The first kappa shape index (κ1) is 20.5. The zero-order valence-corrected chi connectivity index (χ0v) is 18.8. The highest BCUT2D eigenvalue weighted by molar-refractivity contribution is 7.17.